The number of hydrogen-bond donors (Lipinski definition) is 1. The van der Waals surface area contributed by atoms with Crippen molar-refractivity contribution in [3.8, 4) is 17.4 Å². The fraction of sp³-hybridized carbons (Fsp3) is 0.357. The first-order valence-electron chi connectivity index (χ1n) is 12.3. The lowest BCUT2D eigenvalue weighted by Gasteiger charge is -2.37. The van der Waals surface area contributed by atoms with Crippen LogP contribution in [-0.2, 0) is 0 Å². The van der Waals surface area contributed by atoms with Crippen molar-refractivity contribution in [2.45, 2.75) is 26.4 Å². The van der Waals surface area contributed by atoms with Gasteiger partial charge < -0.3 is 19.7 Å². The second-order valence-corrected chi connectivity index (χ2v) is 8.84. The topological polar surface area (TPSA) is 66.9 Å². The van der Waals surface area contributed by atoms with E-state index < -0.39 is 0 Å². The number of carbonyl (C=O) groups is 1. The Labute approximate surface area is 209 Å². The Kier molecular flexibility index (Phi) is 8.57. The summed E-state index contributed by atoms with van der Waals surface area (Å²) in [5, 5.41) is 3.01. The molecule has 0 aliphatic carbocycles. The highest BCUT2D eigenvalue weighted by Crippen LogP contribution is 2.29. The maximum atomic E-state index is 12.8. The van der Waals surface area contributed by atoms with Crippen molar-refractivity contribution in [1.82, 2.24) is 15.2 Å². The molecule has 0 spiro atoms. The van der Waals surface area contributed by atoms with Gasteiger partial charge >= 0.3 is 0 Å². The summed E-state index contributed by atoms with van der Waals surface area (Å²) in [6.07, 6.45) is 2.66. The van der Waals surface area contributed by atoms with Crippen molar-refractivity contribution in [3.63, 3.8) is 0 Å². The third-order valence-corrected chi connectivity index (χ3v) is 5.85. The second kappa shape index (κ2) is 12.2. The van der Waals surface area contributed by atoms with Gasteiger partial charge in [0.15, 0.2) is 0 Å². The molecule has 1 aromatic heterocycles. The van der Waals surface area contributed by atoms with E-state index in [4.69, 9.17) is 9.47 Å². The second-order valence-electron chi connectivity index (χ2n) is 8.84. The largest absolute Gasteiger partial charge is 0.489 e. The average Bonchev–Trinajstić information content (AvgIpc) is 2.88. The lowest BCUT2D eigenvalue weighted by molar-refractivity contribution is 0.0948. The first-order chi connectivity index (χ1) is 17.1. The van der Waals surface area contributed by atoms with Gasteiger partial charge in [-0.15, -0.1) is 0 Å². The van der Waals surface area contributed by atoms with E-state index >= 15 is 0 Å². The van der Waals surface area contributed by atoms with Crippen molar-refractivity contribution in [2.24, 2.45) is 0 Å². The van der Waals surface area contributed by atoms with Crippen LogP contribution in [-0.4, -0.2) is 61.2 Å². The van der Waals surface area contributed by atoms with E-state index in [0.717, 1.165) is 50.6 Å². The lowest BCUT2D eigenvalue weighted by atomic mass is 10.2. The Morgan fingerprint density at radius 3 is 2.51 bits per heavy atom. The predicted molar refractivity (Wildman–Crippen MR) is 141 cm³/mol. The standard InChI is InChI=1S/C28H34N4O3.H2/c1-22(2)34-26-14-7-6-13-25(26)32-20-18-31(19-21-32)17-9-16-29-27(33)24-12-8-15-30-28(24)35-23-10-4-3-5-11-23;/h3-8,10-15,22H,9,16-21H2,1-2H3,(H,29,33);1H. The van der Waals surface area contributed by atoms with Crippen LogP contribution in [0.25, 0.3) is 0 Å². The van der Waals surface area contributed by atoms with E-state index in [1.807, 2.05) is 42.5 Å². The number of nitrogens with zero attached hydrogens (tertiary/aromatic N) is 3. The van der Waals surface area contributed by atoms with E-state index in [2.05, 4.69) is 46.1 Å². The molecule has 1 N–H and O–H groups in total. The van der Waals surface area contributed by atoms with Crippen molar-refractivity contribution in [1.29, 1.82) is 0 Å². The monoisotopic (exact) mass is 476 g/mol. The van der Waals surface area contributed by atoms with Gasteiger partial charge in [-0.05, 0) is 63.2 Å². The molecule has 186 valence electrons. The lowest BCUT2D eigenvalue weighted by Crippen LogP contribution is -2.47. The summed E-state index contributed by atoms with van der Waals surface area (Å²) in [4.78, 5) is 21.8. The number of nitrogens with one attached hydrogen (secondary N) is 1. The molecule has 2 aromatic carbocycles. The number of anilines is 1. The van der Waals surface area contributed by atoms with Crippen molar-refractivity contribution < 1.29 is 15.7 Å². The van der Waals surface area contributed by atoms with Crippen molar-refractivity contribution in [2.75, 3.05) is 44.2 Å². The van der Waals surface area contributed by atoms with Crippen LogP contribution in [0, 0.1) is 0 Å². The molecule has 1 saturated heterocycles. The van der Waals surface area contributed by atoms with Gasteiger partial charge in [0.25, 0.3) is 5.91 Å². The number of piperazine rings is 1. The third kappa shape index (κ3) is 6.96. The number of pyridine rings is 1. The summed E-state index contributed by atoms with van der Waals surface area (Å²) < 4.78 is 11.8. The van der Waals surface area contributed by atoms with Crippen molar-refractivity contribution >= 4 is 11.6 Å². The summed E-state index contributed by atoms with van der Waals surface area (Å²) in [5.74, 6) is 1.74. The van der Waals surface area contributed by atoms with Gasteiger partial charge in [-0.1, -0.05) is 30.3 Å². The zero-order valence-corrected chi connectivity index (χ0v) is 20.5. The van der Waals surface area contributed by atoms with E-state index in [-0.39, 0.29) is 13.4 Å². The summed E-state index contributed by atoms with van der Waals surface area (Å²) in [6, 6.07) is 21.1. The molecule has 0 unspecified atom stereocenters. The van der Waals surface area contributed by atoms with Crippen LogP contribution in [0.1, 0.15) is 32.1 Å². The molecule has 2 heterocycles. The number of aromatic nitrogens is 1. The highest BCUT2D eigenvalue weighted by atomic mass is 16.5. The molecular formula is C28H36N4O3. The number of hydrogen-bond acceptors (Lipinski definition) is 6. The van der Waals surface area contributed by atoms with Gasteiger partial charge in [0.1, 0.15) is 17.1 Å². The molecule has 35 heavy (non-hydrogen) atoms. The van der Waals surface area contributed by atoms with Gasteiger partial charge in [-0.3, -0.25) is 9.69 Å². The minimum absolute atomic E-state index is 0. The normalized spacial score (nSPS) is 14.1. The predicted octanol–water partition coefficient (Wildman–Crippen LogP) is 4.85. The quantitative estimate of drug-likeness (QED) is 0.422. The molecule has 1 amide bonds. The Hall–Kier alpha value is -3.58. The Morgan fingerprint density at radius 1 is 1.00 bits per heavy atom. The molecule has 0 saturated carbocycles. The van der Waals surface area contributed by atoms with Gasteiger partial charge in [-0.2, -0.15) is 0 Å². The van der Waals surface area contributed by atoms with Crippen LogP contribution in [0.2, 0.25) is 0 Å². The summed E-state index contributed by atoms with van der Waals surface area (Å²) in [5.41, 5.74) is 1.60. The van der Waals surface area contributed by atoms with Gasteiger partial charge in [0, 0.05) is 40.3 Å². The van der Waals surface area contributed by atoms with Crippen LogP contribution in [0.3, 0.4) is 0 Å². The average molecular weight is 477 g/mol. The van der Waals surface area contributed by atoms with Crippen LogP contribution >= 0.6 is 0 Å². The molecule has 7 nitrogen and oxygen atoms in total. The molecular weight excluding hydrogens is 440 g/mol. The molecule has 0 bridgehead atoms. The Morgan fingerprint density at radius 2 is 1.74 bits per heavy atom. The summed E-state index contributed by atoms with van der Waals surface area (Å²) in [7, 11) is 0. The first kappa shape index (κ1) is 24.5. The van der Waals surface area contributed by atoms with Crippen molar-refractivity contribution in [3.05, 3.63) is 78.5 Å². The van der Waals surface area contributed by atoms with Gasteiger partial charge in [-0.25, -0.2) is 4.98 Å². The SMILES string of the molecule is CC(C)Oc1ccccc1N1CCN(CCCNC(=O)c2cccnc2Oc2ccccc2)CC1.[HH]. The van der Waals surface area contributed by atoms with E-state index in [1.165, 1.54) is 0 Å². The van der Waals surface area contributed by atoms with E-state index in [9.17, 15) is 4.79 Å². The fourth-order valence-corrected chi connectivity index (χ4v) is 4.13. The molecule has 7 heteroatoms. The van der Waals surface area contributed by atoms with Gasteiger partial charge in [0.2, 0.25) is 5.88 Å². The molecule has 1 aliphatic heterocycles. The molecule has 0 radical (unpaired) electrons. The first-order valence-corrected chi connectivity index (χ1v) is 12.3. The summed E-state index contributed by atoms with van der Waals surface area (Å²) >= 11 is 0. The van der Waals surface area contributed by atoms with E-state index in [0.29, 0.717) is 23.7 Å². The Balaban J connectivity index is 0.00000361. The fourth-order valence-electron chi connectivity index (χ4n) is 4.13. The van der Waals surface area contributed by atoms with Crippen LogP contribution in [0.5, 0.6) is 17.4 Å². The van der Waals surface area contributed by atoms with Crippen LogP contribution < -0.4 is 19.7 Å². The molecule has 0 atom stereocenters. The van der Waals surface area contributed by atoms with Crippen LogP contribution in [0.15, 0.2) is 72.9 Å². The zero-order valence-electron chi connectivity index (χ0n) is 20.5. The highest BCUT2D eigenvalue weighted by molar-refractivity contribution is 5.96. The summed E-state index contributed by atoms with van der Waals surface area (Å²) in [6.45, 7) is 9.55. The minimum atomic E-state index is -0.171. The molecule has 1 fully saturated rings. The Bertz CT molecular complexity index is 1090. The number of carbonyl (C=O) groups excluding carboxylic acids is 1. The maximum Gasteiger partial charge on any atom is 0.256 e. The number of rotatable bonds is 10. The third-order valence-electron chi connectivity index (χ3n) is 5.85. The maximum absolute atomic E-state index is 12.8. The number of amides is 1. The molecule has 1 aliphatic rings. The number of para-hydroxylation sites is 3. The molecule has 3 aromatic rings. The van der Waals surface area contributed by atoms with Gasteiger partial charge in [0.05, 0.1) is 11.8 Å². The minimum Gasteiger partial charge on any atom is -0.489 e. The number of ether oxygens (including phenoxy) is 2. The van der Waals surface area contributed by atoms with E-state index in [1.54, 1.807) is 18.3 Å². The smallest absolute Gasteiger partial charge is 0.256 e. The molecule has 4 rings (SSSR count). The zero-order chi connectivity index (χ0) is 24.5. The number of benzene rings is 2. The van der Waals surface area contributed by atoms with Crippen LogP contribution in [0.4, 0.5) is 5.69 Å². The highest BCUT2D eigenvalue weighted by Gasteiger charge is 2.20.